The number of imide groups is 2. The summed E-state index contributed by atoms with van der Waals surface area (Å²) in [4.78, 5) is 42.7. The second kappa shape index (κ2) is 6.67. The Labute approximate surface area is 160 Å². The molecule has 2 saturated carbocycles. The first-order valence-corrected chi connectivity index (χ1v) is 9.37. The highest BCUT2D eigenvalue weighted by Crippen LogP contribution is 2.47. The number of rotatable bonds is 3. The van der Waals surface area contributed by atoms with Gasteiger partial charge in [0.2, 0.25) is 11.8 Å². The van der Waals surface area contributed by atoms with E-state index in [4.69, 9.17) is 23.2 Å². The number of carbonyl (C=O) groups excluding carboxylic acids is 3. The molecule has 8 heteroatoms. The Kier molecular flexibility index (Phi) is 4.49. The average molecular weight is 394 g/mol. The van der Waals surface area contributed by atoms with E-state index in [2.05, 4.69) is 10.3 Å². The molecule has 0 spiro atoms. The van der Waals surface area contributed by atoms with Gasteiger partial charge in [-0.3, -0.25) is 24.8 Å². The van der Waals surface area contributed by atoms with Gasteiger partial charge in [-0.25, -0.2) is 4.79 Å². The number of aliphatic imine (C=N–C) groups is 1. The fourth-order valence-electron chi connectivity index (χ4n) is 4.32. The van der Waals surface area contributed by atoms with E-state index in [1.165, 1.54) is 17.2 Å². The minimum absolute atomic E-state index is 0.121. The van der Waals surface area contributed by atoms with Crippen LogP contribution in [0.3, 0.4) is 0 Å². The fourth-order valence-corrected chi connectivity index (χ4v) is 4.78. The largest absolute Gasteiger partial charge is 0.331 e. The van der Waals surface area contributed by atoms with Crippen LogP contribution >= 0.6 is 23.2 Å². The molecular formula is C18H17Cl2N3O3. The number of nitrogens with one attached hydrogen (secondary N) is 1. The zero-order chi connectivity index (χ0) is 18.4. The lowest BCUT2D eigenvalue weighted by molar-refractivity contribution is -0.141. The van der Waals surface area contributed by atoms with Crippen LogP contribution in [0, 0.1) is 17.8 Å². The van der Waals surface area contributed by atoms with Crippen molar-refractivity contribution in [2.24, 2.45) is 22.7 Å². The summed E-state index contributed by atoms with van der Waals surface area (Å²) in [6, 6.07) is 4.01. The highest BCUT2D eigenvalue weighted by Gasteiger charge is 2.50. The van der Waals surface area contributed by atoms with Crippen molar-refractivity contribution in [2.75, 3.05) is 0 Å². The number of hydrogen-bond acceptors (Lipinski definition) is 4. The first-order valence-electron chi connectivity index (χ1n) is 8.61. The molecule has 136 valence electrons. The number of halogens is 2. The Morgan fingerprint density at radius 1 is 1.15 bits per heavy atom. The van der Waals surface area contributed by atoms with Crippen LogP contribution in [-0.2, 0) is 9.59 Å². The van der Waals surface area contributed by atoms with Gasteiger partial charge in [-0.1, -0.05) is 29.6 Å². The van der Waals surface area contributed by atoms with Crippen molar-refractivity contribution < 1.29 is 14.4 Å². The zero-order valence-electron chi connectivity index (χ0n) is 13.8. The van der Waals surface area contributed by atoms with E-state index in [9.17, 15) is 14.4 Å². The van der Waals surface area contributed by atoms with Gasteiger partial charge in [0.05, 0.1) is 10.7 Å². The molecule has 1 aromatic rings. The monoisotopic (exact) mass is 393 g/mol. The Hall–Kier alpha value is -1.92. The van der Waals surface area contributed by atoms with E-state index < -0.39 is 23.8 Å². The molecule has 0 aromatic heterocycles. The third kappa shape index (κ3) is 3.01. The van der Waals surface area contributed by atoms with Crippen LogP contribution in [0.25, 0.3) is 0 Å². The summed E-state index contributed by atoms with van der Waals surface area (Å²) < 4.78 is 0. The second-order valence-electron chi connectivity index (χ2n) is 7.10. The standard InChI is InChI=1S/C18H17Cl2N3O3/c19-11-3-4-14(13(20)7-11)21-8-12-16(24)22-18(26)23(17(12)25)15-6-9-1-2-10(15)5-9/h3-4,7-10,12,15H,1-2,5-6H2,(H,22,24,26)/t9-,10-,12-,15-/m0/s1. The van der Waals surface area contributed by atoms with E-state index in [0.717, 1.165) is 25.7 Å². The number of fused-ring (bicyclic) bond motifs is 2. The molecule has 1 aromatic carbocycles. The minimum Gasteiger partial charge on any atom is -0.277 e. The summed E-state index contributed by atoms with van der Waals surface area (Å²) >= 11 is 11.9. The molecule has 4 amide bonds. The SMILES string of the molecule is O=C1NC(=O)N([C@H]2C[C@H]3CC[C@H]2C3)C(=O)[C@H]1C=Nc1ccc(Cl)cc1Cl. The lowest BCUT2D eigenvalue weighted by Gasteiger charge is -2.36. The predicted octanol–water partition coefficient (Wildman–Crippen LogP) is 3.58. The Balaban J connectivity index is 1.57. The van der Waals surface area contributed by atoms with E-state index in [0.29, 0.717) is 27.6 Å². The molecule has 3 aliphatic rings. The van der Waals surface area contributed by atoms with E-state index in [-0.39, 0.29) is 6.04 Å². The summed E-state index contributed by atoms with van der Waals surface area (Å²) in [5.74, 6) is -1.40. The van der Waals surface area contributed by atoms with Crippen LogP contribution in [0.15, 0.2) is 23.2 Å². The molecule has 1 N–H and O–H groups in total. The lowest BCUT2D eigenvalue weighted by atomic mass is 9.92. The van der Waals surface area contributed by atoms with Crippen LogP contribution < -0.4 is 5.32 Å². The van der Waals surface area contributed by atoms with Gasteiger partial charge in [0.1, 0.15) is 0 Å². The number of carbonyl (C=O) groups is 3. The van der Waals surface area contributed by atoms with Crippen molar-refractivity contribution in [2.45, 2.75) is 31.7 Å². The highest BCUT2D eigenvalue weighted by atomic mass is 35.5. The van der Waals surface area contributed by atoms with Gasteiger partial charge in [0.15, 0.2) is 5.92 Å². The number of barbiturate groups is 1. The van der Waals surface area contributed by atoms with Crippen molar-refractivity contribution in [3.05, 3.63) is 28.2 Å². The Bertz CT molecular complexity index is 826. The quantitative estimate of drug-likeness (QED) is 0.629. The highest BCUT2D eigenvalue weighted by molar-refractivity contribution is 6.36. The molecule has 26 heavy (non-hydrogen) atoms. The molecule has 2 bridgehead atoms. The molecule has 0 radical (unpaired) electrons. The maximum absolute atomic E-state index is 12.9. The van der Waals surface area contributed by atoms with E-state index >= 15 is 0 Å². The third-order valence-electron chi connectivity index (χ3n) is 5.54. The molecule has 2 aliphatic carbocycles. The molecule has 3 fully saturated rings. The molecule has 1 heterocycles. The van der Waals surface area contributed by atoms with Crippen LogP contribution in [0.5, 0.6) is 0 Å². The molecule has 4 rings (SSSR count). The van der Waals surface area contributed by atoms with Gasteiger partial charge < -0.3 is 0 Å². The summed E-state index contributed by atoms with van der Waals surface area (Å²) in [7, 11) is 0. The molecular weight excluding hydrogens is 377 g/mol. The second-order valence-corrected chi connectivity index (χ2v) is 7.94. The van der Waals surface area contributed by atoms with E-state index in [1.54, 1.807) is 12.1 Å². The van der Waals surface area contributed by atoms with Crippen molar-refractivity contribution in [3.63, 3.8) is 0 Å². The number of urea groups is 1. The van der Waals surface area contributed by atoms with Gasteiger partial charge in [0.25, 0.3) is 0 Å². The molecule has 1 saturated heterocycles. The Morgan fingerprint density at radius 3 is 2.62 bits per heavy atom. The first kappa shape index (κ1) is 17.5. The lowest BCUT2D eigenvalue weighted by Crippen LogP contribution is -2.62. The minimum atomic E-state index is -1.14. The number of nitrogens with zero attached hydrogens (tertiary/aromatic N) is 2. The molecule has 0 unspecified atom stereocenters. The van der Waals surface area contributed by atoms with Gasteiger partial charge in [-0.2, -0.15) is 0 Å². The fraction of sp³-hybridized carbons (Fsp3) is 0.444. The molecule has 1 aliphatic heterocycles. The maximum Gasteiger partial charge on any atom is 0.331 e. The van der Waals surface area contributed by atoms with Gasteiger partial charge in [-0.15, -0.1) is 0 Å². The van der Waals surface area contributed by atoms with Crippen molar-refractivity contribution >= 4 is 52.9 Å². The van der Waals surface area contributed by atoms with Crippen LogP contribution in [0.1, 0.15) is 25.7 Å². The number of benzene rings is 1. The first-order chi connectivity index (χ1) is 12.4. The third-order valence-corrected chi connectivity index (χ3v) is 6.08. The normalized spacial score (nSPS) is 31.2. The predicted molar refractivity (Wildman–Crippen MR) is 97.7 cm³/mol. The van der Waals surface area contributed by atoms with Crippen LogP contribution in [0.2, 0.25) is 10.0 Å². The van der Waals surface area contributed by atoms with E-state index in [1.807, 2.05) is 0 Å². The van der Waals surface area contributed by atoms with Crippen molar-refractivity contribution in [1.29, 1.82) is 0 Å². The van der Waals surface area contributed by atoms with Crippen molar-refractivity contribution in [1.82, 2.24) is 10.2 Å². The molecule has 6 nitrogen and oxygen atoms in total. The average Bonchev–Trinajstić information content (AvgIpc) is 3.19. The maximum atomic E-state index is 12.9. The Morgan fingerprint density at radius 2 is 1.96 bits per heavy atom. The van der Waals surface area contributed by atoms with Crippen LogP contribution in [-0.4, -0.2) is 35.0 Å². The number of hydrogen-bond donors (Lipinski definition) is 1. The summed E-state index contributed by atoms with van der Waals surface area (Å²) in [6.45, 7) is 0. The molecule has 4 atom stereocenters. The van der Waals surface area contributed by atoms with Gasteiger partial charge in [-0.05, 0) is 49.3 Å². The summed E-state index contributed by atoms with van der Waals surface area (Å²) in [5.41, 5.74) is 0.403. The van der Waals surface area contributed by atoms with Crippen LogP contribution in [0.4, 0.5) is 10.5 Å². The zero-order valence-corrected chi connectivity index (χ0v) is 15.3. The summed E-state index contributed by atoms with van der Waals surface area (Å²) in [6.07, 6.45) is 5.31. The van der Waals surface area contributed by atoms with Crippen molar-refractivity contribution in [3.8, 4) is 0 Å². The smallest absolute Gasteiger partial charge is 0.277 e. The van der Waals surface area contributed by atoms with Gasteiger partial charge in [0, 0.05) is 17.3 Å². The van der Waals surface area contributed by atoms with Gasteiger partial charge >= 0.3 is 6.03 Å². The summed E-state index contributed by atoms with van der Waals surface area (Å²) in [5, 5.41) is 3.07. The topological polar surface area (TPSA) is 78.8 Å². The number of amides is 4.